The lowest BCUT2D eigenvalue weighted by atomic mass is 10.1. The van der Waals surface area contributed by atoms with E-state index in [4.69, 9.17) is 0 Å². The summed E-state index contributed by atoms with van der Waals surface area (Å²) in [6.07, 6.45) is 4.65. The van der Waals surface area contributed by atoms with Gasteiger partial charge in [0.05, 0.1) is 3.79 Å². The highest BCUT2D eigenvalue weighted by molar-refractivity contribution is 9.11. The molecule has 1 heterocycles. The van der Waals surface area contributed by atoms with Gasteiger partial charge in [-0.05, 0) is 39.6 Å². The van der Waals surface area contributed by atoms with E-state index in [2.05, 4.69) is 35.0 Å². The van der Waals surface area contributed by atoms with Gasteiger partial charge in [0.15, 0.2) is 0 Å². The van der Waals surface area contributed by atoms with Crippen molar-refractivity contribution in [2.24, 2.45) is 0 Å². The minimum atomic E-state index is 1.15. The number of halogens is 1. The molecule has 0 aliphatic heterocycles. The predicted molar refractivity (Wildman–Crippen MR) is 54.0 cm³/mol. The zero-order valence-electron chi connectivity index (χ0n) is 6.36. The Labute approximate surface area is 79.1 Å². The molecule has 0 spiro atoms. The van der Waals surface area contributed by atoms with Crippen molar-refractivity contribution in [2.45, 2.75) is 19.8 Å². The third-order valence-electron chi connectivity index (χ3n) is 2.04. The van der Waals surface area contributed by atoms with E-state index in [1.807, 2.05) is 11.3 Å². The van der Waals surface area contributed by atoms with Gasteiger partial charge in [-0.1, -0.05) is 13.0 Å². The summed E-state index contributed by atoms with van der Waals surface area (Å²) in [5.74, 6) is 0. The van der Waals surface area contributed by atoms with Crippen LogP contribution in [0.1, 0.15) is 23.8 Å². The van der Waals surface area contributed by atoms with Crippen molar-refractivity contribution in [3.05, 3.63) is 26.4 Å². The molecule has 1 aromatic rings. The van der Waals surface area contributed by atoms with Crippen molar-refractivity contribution in [1.29, 1.82) is 0 Å². The second kappa shape index (κ2) is 2.76. The normalized spacial score (nSPS) is 14.9. The Morgan fingerprint density at radius 3 is 3.18 bits per heavy atom. The monoisotopic (exact) mass is 228 g/mol. The maximum atomic E-state index is 3.51. The molecule has 0 amide bonds. The van der Waals surface area contributed by atoms with Gasteiger partial charge in [-0.15, -0.1) is 11.3 Å². The molecule has 0 bridgehead atoms. The molecule has 2 rings (SSSR count). The molecular formula is C9H9BrS. The topological polar surface area (TPSA) is 0 Å². The Morgan fingerprint density at radius 2 is 2.45 bits per heavy atom. The first-order valence-corrected chi connectivity index (χ1v) is 5.40. The lowest BCUT2D eigenvalue weighted by Crippen LogP contribution is -1.73. The molecule has 0 saturated heterocycles. The van der Waals surface area contributed by atoms with Gasteiger partial charge in [-0.25, -0.2) is 0 Å². The first-order valence-electron chi connectivity index (χ1n) is 3.79. The lowest BCUT2D eigenvalue weighted by Gasteiger charge is -1.93. The summed E-state index contributed by atoms with van der Waals surface area (Å²) in [5.41, 5.74) is 2.99. The van der Waals surface area contributed by atoms with Crippen LogP contribution in [0.5, 0.6) is 0 Å². The van der Waals surface area contributed by atoms with Gasteiger partial charge >= 0.3 is 0 Å². The molecule has 1 aliphatic rings. The third-order valence-corrected chi connectivity index (χ3v) is 3.70. The molecule has 0 unspecified atom stereocenters. The van der Waals surface area contributed by atoms with E-state index in [-0.39, 0.29) is 0 Å². The highest BCUT2D eigenvalue weighted by atomic mass is 79.9. The number of hydrogen-bond donors (Lipinski definition) is 0. The van der Waals surface area contributed by atoms with E-state index in [0.29, 0.717) is 0 Å². The highest BCUT2D eigenvalue weighted by Crippen LogP contribution is 2.37. The van der Waals surface area contributed by atoms with Crippen molar-refractivity contribution < 1.29 is 0 Å². The Bertz CT molecular complexity index is 309. The van der Waals surface area contributed by atoms with Gasteiger partial charge < -0.3 is 0 Å². The van der Waals surface area contributed by atoms with E-state index in [0.717, 1.165) is 12.8 Å². The van der Waals surface area contributed by atoms with Crippen LogP contribution in [0, 0.1) is 0 Å². The maximum absolute atomic E-state index is 3.51. The summed E-state index contributed by atoms with van der Waals surface area (Å²) in [6.45, 7) is 2.21. The van der Waals surface area contributed by atoms with E-state index < -0.39 is 0 Å². The van der Waals surface area contributed by atoms with Crippen LogP contribution < -0.4 is 0 Å². The smallest absolute Gasteiger partial charge is 0.0707 e. The molecule has 0 radical (unpaired) electrons. The Kier molecular flexibility index (Phi) is 1.90. The van der Waals surface area contributed by atoms with E-state index >= 15 is 0 Å². The number of hydrogen-bond acceptors (Lipinski definition) is 1. The molecule has 0 atom stereocenters. The molecule has 1 aliphatic carbocycles. The molecule has 11 heavy (non-hydrogen) atoms. The number of rotatable bonds is 1. The second-order valence-corrected chi connectivity index (χ2v) is 5.19. The number of fused-ring (bicyclic) bond motifs is 1. The fraction of sp³-hybridized carbons (Fsp3) is 0.333. The van der Waals surface area contributed by atoms with E-state index in [1.54, 1.807) is 0 Å². The maximum Gasteiger partial charge on any atom is 0.0707 e. The third kappa shape index (κ3) is 1.18. The number of allylic oxidation sites excluding steroid dienone is 2. The minimum Gasteiger partial charge on any atom is -0.132 e. The summed E-state index contributed by atoms with van der Waals surface area (Å²) >= 11 is 5.37. The van der Waals surface area contributed by atoms with Crippen molar-refractivity contribution in [3.8, 4) is 0 Å². The SMILES string of the molecule is CCC1=CCc2sc(Br)cc21. The zero-order valence-corrected chi connectivity index (χ0v) is 8.76. The molecule has 58 valence electrons. The second-order valence-electron chi connectivity index (χ2n) is 2.67. The fourth-order valence-corrected chi connectivity index (χ4v) is 3.17. The van der Waals surface area contributed by atoms with Crippen molar-refractivity contribution in [3.63, 3.8) is 0 Å². The summed E-state index contributed by atoms with van der Waals surface area (Å²) in [6, 6.07) is 2.24. The Morgan fingerprint density at radius 1 is 1.64 bits per heavy atom. The summed E-state index contributed by atoms with van der Waals surface area (Å²) < 4.78 is 1.27. The predicted octanol–water partition coefficient (Wildman–Crippen LogP) is 3.86. The minimum absolute atomic E-state index is 1.15. The van der Waals surface area contributed by atoms with Crippen LogP contribution in [0.25, 0.3) is 5.57 Å². The molecular weight excluding hydrogens is 220 g/mol. The first kappa shape index (κ1) is 7.56. The molecule has 0 fully saturated rings. The molecule has 0 N–H and O–H groups in total. The summed E-state index contributed by atoms with van der Waals surface area (Å²) in [5, 5.41) is 0. The van der Waals surface area contributed by atoms with E-state index in [1.165, 1.54) is 19.8 Å². The van der Waals surface area contributed by atoms with Crippen LogP contribution in [-0.4, -0.2) is 0 Å². The quantitative estimate of drug-likeness (QED) is 0.685. The van der Waals surface area contributed by atoms with Crippen LogP contribution >= 0.6 is 27.3 Å². The van der Waals surface area contributed by atoms with Crippen LogP contribution in [0.3, 0.4) is 0 Å². The number of thiophene rings is 1. The van der Waals surface area contributed by atoms with Crippen LogP contribution in [-0.2, 0) is 6.42 Å². The molecule has 1 aromatic heterocycles. The van der Waals surface area contributed by atoms with Crippen LogP contribution in [0.4, 0.5) is 0 Å². The van der Waals surface area contributed by atoms with Crippen molar-refractivity contribution in [2.75, 3.05) is 0 Å². The van der Waals surface area contributed by atoms with Gasteiger partial charge in [0, 0.05) is 11.3 Å². The lowest BCUT2D eigenvalue weighted by molar-refractivity contribution is 1.25. The Hall–Kier alpha value is -0.0800. The molecule has 0 nitrogen and oxygen atoms in total. The largest absolute Gasteiger partial charge is 0.132 e. The average Bonchev–Trinajstić information content (AvgIpc) is 2.45. The van der Waals surface area contributed by atoms with Crippen molar-refractivity contribution in [1.82, 2.24) is 0 Å². The zero-order chi connectivity index (χ0) is 7.84. The molecule has 0 saturated carbocycles. The van der Waals surface area contributed by atoms with Crippen LogP contribution in [0.15, 0.2) is 15.9 Å². The van der Waals surface area contributed by atoms with E-state index in [9.17, 15) is 0 Å². The fourth-order valence-electron chi connectivity index (χ4n) is 1.48. The van der Waals surface area contributed by atoms with Gasteiger partial charge in [0.2, 0.25) is 0 Å². The van der Waals surface area contributed by atoms with Gasteiger partial charge in [0.1, 0.15) is 0 Å². The van der Waals surface area contributed by atoms with Gasteiger partial charge in [-0.2, -0.15) is 0 Å². The molecule has 0 aromatic carbocycles. The molecule has 2 heteroatoms. The standard InChI is InChI=1S/C9H9BrS/c1-2-6-3-4-8-7(6)5-9(10)11-8/h3,5H,2,4H2,1H3. The van der Waals surface area contributed by atoms with Gasteiger partial charge in [0.25, 0.3) is 0 Å². The van der Waals surface area contributed by atoms with Gasteiger partial charge in [-0.3, -0.25) is 0 Å². The van der Waals surface area contributed by atoms with Crippen molar-refractivity contribution >= 4 is 32.8 Å². The Balaban J connectivity index is 2.47. The highest BCUT2D eigenvalue weighted by Gasteiger charge is 2.14. The summed E-state index contributed by atoms with van der Waals surface area (Å²) in [4.78, 5) is 1.52. The first-order chi connectivity index (χ1) is 5.31. The van der Waals surface area contributed by atoms with Crippen LogP contribution in [0.2, 0.25) is 0 Å². The summed E-state index contributed by atoms with van der Waals surface area (Å²) in [7, 11) is 0. The average molecular weight is 229 g/mol.